The van der Waals surface area contributed by atoms with Gasteiger partial charge in [-0.15, -0.1) is 0 Å². The molecular formula is C26H28N4O4. The maximum atomic E-state index is 13.5. The summed E-state index contributed by atoms with van der Waals surface area (Å²) in [6, 6.07) is 17.2. The average molecular weight is 461 g/mol. The van der Waals surface area contributed by atoms with Crippen molar-refractivity contribution in [3.8, 4) is 11.1 Å². The maximum Gasteiger partial charge on any atom is 0.254 e. The fourth-order valence-corrected chi connectivity index (χ4v) is 4.88. The number of carbonyl (C=O) groups is 1. The van der Waals surface area contributed by atoms with Crippen molar-refractivity contribution in [1.82, 2.24) is 15.0 Å². The number of amides is 1. The summed E-state index contributed by atoms with van der Waals surface area (Å²) in [5.41, 5.74) is 3.45. The standard InChI is InChI=1S/C26H28N4O4/c1-33-28-20-15-22(25-27-24(29-34-25)21-9-5-6-10-23(21)31)30(16-20)26(32)19-13-11-18(12-14-19)17-7-3-2-4-8-17/h2-4,7-8,11-14,21-23,31H,5-6,9-10,15-16H2,1H3/t21-,22?,23-/m1/s1. The molecule has 1 saturated carbocycles. The summed E-state index contributed by atoms with van der Waals surface area (Å²) >= 11 is 0. The normalized spacial score (nSPS) is 23.9. The highest BCUT2D eigenvalue weighted by Crippen LogP contribution is 2.35. The lowest BCUT2D eigenvalue weighted by atomic mass is 9.86. The highest BCUT2D eigenvalue weighted by Gasteiger charge is 2.39. The molecule has 3 aromatic rings. The number of aliphatic hydroxyl groups is 1. The average Bonchev–Trinajstić information content (AvgIpc) is 3.52. The van der Waals surface area contributed by atoms with E-state index in [1.54, 1.807) is 4.90 Å². The van der Waals surface area contributed by atoms with Crippen LogP contribution >= 0.6 is 0 Å². The molecule has 1 N–H and O–H groups in total. The van der Waals surface area contributed by atoms with E-state index >= 15 is 0 Å². The lowest BCUT2D eigenvalue weighted by Gasteiger charge is -2.24. The second-order valence-corrected chi connectivity index (χ2v) is 8.89. The Bertz CT molecular complexity index is 1160. The van der Waals surface area contributed by atoms with Crippen LogP contribution in [-0.2, 0) is 4.84 Å². The molecule has 1 aliphatic heterocycles. The van der Waals surface area contributed by atoms with E-state index in [4.69, 9.17) is 9.36 Å². The molecule has 34 heavy (non-hydrogen) atoms. The first kappa shape index (κ1) is 22.3. The van der Waals surface area contributed by atoms with Gasteiger partial charge in [0, 0.05) is 17.9 Å². The Morgan fingerprint density at radius 3 is 2.56 bits per heavy atom. The highest BCUT2D eigenvalue weighted by atomic mass is 16.6. The minimum atomic E-state index is -0.464. The van der Waals surface area contributed by atoms with Crippen molar-refractivity contribution in [2.75, 3.05) is 13.7 Å². The molecule has 0 bridgehead atoms. The Hall–Kier alpha value is -3.52. The number of aliphatic hydroxyl groups excluding tert-OH is 1. The summed E-state index contributed by atoms with van der Waals surface area (Å²) in [7, 11) is 1.49. The third-order valence-electron chi connectivity index (χ3n) is 6.68. The number of hydrogen-bond acceptors (Lipinski definition) is 7. The van der Waals surface area contributed by atoms with E-state index in [0.29, 0.717) is 30.2 Å². The second-order valence-electron chi connectivity index (χ2n) is 8.89. The van der Waals surface area contributed by atoms with Crippen LogP contribution in [0.15, 0.2) is 64.3 Å². The molecule has 0 radical (unpaired) electrons. The zero-order chi connectivity index (χ0) is 23.5. The smallest absolute Gasteiger partial charge is 0.254 e. The van der Waals surface area contributed by atoms with Gasteiger partial charge in [-0.3, -0.25) is 4.79 Å². The number of hydrogen-bond donors (Lipinski definition) is 1. The van der Waals surface area contributed by atoms with Gasteiger partial charge >= 0.3 is 0 Å². The van der Waals surface area contributed by atoms with E-state index in [0.717, 1.165) is 42.5 Å². The van der Waals surface area contributed by atoms with Crippen LogP contribution in [0.5, 0.6) is 0 Å². The van der Waals surface area contributed by atoms with E-state index in [2.05, 4.69) is 15.3 Å². The van der Waals surface area contributed by atoms with Crippen LogP contribution in [0.2, 0.25) is 0 Å². The molecule has 8 heteroatoms. The van der Waals surface area contributed by atoms with E-state index in [9.17, 15) is 9.90 Å². The first-order chi connectivity index (χ1) is 16.6. The molecule has 176 valence electrons. The number of oxime groups is 1. The van der Waals surface area contributed by atoms with Gasteiger partial charge < -0.3 is 19.4 Å². The second kappa shape index (κ2) is 9.77. The van der Waals surface area contributed by atoms with Gasteiger partial charge in [-0.25, -0.2) is 0 Å². The molecule has 5 rings (SSSR count). The molecule has 2 fully saturated rings. The maximum absolute atomic E-state index is 13.5. The highest BCUT2D eigenvalue weighted by molar-refractivity contribution is 6.00. The summed E-state index contributed by atoms with van der Waals surface area (Å²) < 4.78 is 5.61. The summed E-state index contributed by atoms with van der Waals surface area (Å²) in [4.78, 5) is 24.8. The van der Waals surface area contributed by atoms with Crippen LogP contribution in [-0.4, -0.2) is 51.5 Å². The Kier molecular flexibility index (Phi) is 6.40. The van der Waals surface area contributed by atoms with Gasteiger partial charge in [-0.1, -0.05) is 65.6 Å². The van der Waals surface area contributed by atoms with E-state index in [-0.39, 0.29) is 11.8 Å². The molecule has 2 aliphatic rings. The Morgan fingerprint density at radius 2 is 1.82 bits per heavy atom. The van der Waals surface area contributed by atoms with E-state index in [1.807, 2.05) is 54.6 Å². The van der Waals surface area contributed by atoms with Crippen molar-refractivity contribution in [2.24, 2.45) is 5.16 Å². The van der Waals surface area contributed by atoms with Crippen molar-refractivity contribution < 1.29 is 19.3 Å². The lowest BCUT2D eigenvalue weighted by molar-refractivity contribution is 0.0713. The van der Waals surface area contributed by atoms with Gasteiger partial charge in [0.2, 0.25) is 5.89 Å². The minimum absolute atomic E-state index is 0.130. The van der Waals surface area contributed by atoms with Crippen molar-refractivity contribution in [3.63, 3.8) is 0 Å². The number of benzene rings is 2. The van der Waals surface area contributed by atoms with Crippen LogP contribution in [0.1, 0.15) is 66.1 Å². The zero-order valence-corrected chi connectivity index (χ0v) is 19.1. The number of likely N-dealkylation sites (tertiary alicyclic amines) is 1. The van der Waals surface area contributed by atoms with E-state index < -0.39 is 12.1 Å². The molecule has 1 amide bonds. The molecule has 1 unspecified atom stereocenters. The predicted molar refractivity (Wildman–Crippen MR) is 126 cm³/mol. The SMILES string of the molecule is CON=C1CC(c2nc([C@@H]3CCCC[C@H]3O)no2)N(C(=O)c2ccc(-c3ccccc3)cc2)C1. The summed E-state index contributed by atoms with van der Waals surface area (Å²) in [6.07, 6.45) is 3.60. The lowest BCUT2D eigenvalue weighted by Crippen LogP contribution is -2.31. The third-order valence-corrected chi connectivity index (χ3v) is 6.68. The number of nitrogens with zero attached hydrogens (tertiary/aromatic N) is 4. The van der Waals surface area contributed by atoms with Gasteiger partial charge in [-0.05, 0) is 36.1 Å². The fraction of sp³-hybridized carbons (Fsp3) is 0.385. The Balaban J connectivity index is 1.39. The first-order valence-corrected chi connectivity index (χ1v) is 11.7. The van der Waals surface area contributed by atoms with Gasteiger partial charge in [0.05, 0.1) is 18.4 Å². The number of aromatic nitrogens is 2. The molecule has 2 heterocycles. The van der Waals surface area contributed by atoms with Crippen LogP contribution in [0.3, 0.4) is 0 Å². The molecule has 0 spiro atoms. The van der Waals surface area contributed by atoms with Crippen molar-refractivity contribution >= 4 is 11.6 Å². The molecule has 8 nitrogen and oxygen atoms in total. The molecule has 1 aliphatic carbocycles. The van der Waals surface area contributed by atoms with Crippen molar-refractivity contribution in [1.29, 1.82) is 0 Å². The van der Waals surface area contributed by atoms with Crippen molar-refractivity contribution in [2.45, 2.75) is 50.2 Å². The topological polar surface area (TPSA) is 101 Å². The minimum Gasteiger partial charge on any atom is -0.399 e. The Morgan fingerprint density at radius 1 is 1.09 bits per heavy atom. The van der Waals surface area contributed by atoms with Crippen LogP contribution < -0.4 is 0 Å². The molecule has 1 saturated heterocycles. The fourth-order valence-electron chi connectivity index (χ4n) is 4.88. The van der Waals surface area contributed by atoms with Gasteiger partial charge in [-0.2, -0.15) is 4.98 Å². The van der Waals surface area contributed by atoms with Gasteiger partial charge in [0.25, 0.3) is 5.91 Å². The summed E-state index contributed by atoms with van der Waals surface area (Å²) in [6.45, 7) is 0.321. The van der Waals surface area contributed by atoms with Crippen LogP contribution in [0.25, 0.3) is 11.1 Å². The van der Waals surface area contributed by atoms with Crippen LogP contribution in [0.4, 0.5) is 0 Å². The number of rotatable bonds is 5. The van der Waals surface area contributed by atoms with Gasteiger partial charge in [0.1, 0.15) is 13.2 Å². The van der Waals surface area contributed by atoms with Crippen LogP contribution in [0, 0.1) is 0 Å². The monoisotopic (exact) mass is 460 g/mol. The molecule has 3 atom stereocenters. The number of carbonyl (C=O) groups excluding carboxylic acids is 1. The zero-order valence-electron chi connectivity index (χ0n) is 19.1. The third kappa shape index (κ3) is 4.46. The largest absolute Gasteiger partial charge is 0.399 e. The first-order valence-electron chi connectivity index (χ1n) is 11.7. The van der Waals surface area contributed by atoms with Crippen molar-refractivity contribution in [3.05, 3.63) is 71.9 Å². The molecule has 2 aromatic carbocycles. The predicted octanol–water partition coefficient (Wildman–Crippen LogP) is 4.34. The van der Waals surface area contributed by atoms with Gasteiger partial charge in [0.15, 0.2) is 5.82 Å². The summed E-state index contributed by atoms with van der Waals surface area (Å²) in [5, 5.41) is 18.6. The Labute approximate surface area is 198 Å². The molecular weight excluding hydrogens is 432 g/mol. The quantitative estimate of drug-likeness (QED) is 0.568. The molecule has 1 aromatic heterocycles. The summed E-state index contributed by atoms with van der Waals surface area (Å²) in [5.74, 6) is 0.611. The van der Waals surface area contributed by atoms with E-state index in [1.165, 1.54) is 7.11 Å².